The van der Waals surface area contributed by atoms with E-state index >= 15 is 0 Å². The van der Waals surface area contributed by atoms with Gasteiger partial charge in [-0.3, -0.25) is 10.1 Å². The number of halogens is 1. The summed E-state index contributed by atoms with van der Waals surface area (Å²) < 4.78 is 39.6. The molecule has 0 amide bonds. The van der Waals surface area contributed by atoms with Crippen LogP contribution in [0.4, 0.5) is 5.69 Å². The van der Waals surface area contributed by atoms with Gasteiger partial charge in [0.15, 0.2) is 33.7 Å². The third kappa shape index (κ3) is 7.32. The molecule has 198 valence electrons. The molecule has 3 aromatic carbocycles. The fourth-order valence-corrected chi connectivity index (χ4v) is 5.35. The lowest BCUT2D eigenvalue weighted by Gasteiger charge is -2.14. The third-order valence-electron chi connectivity index (χ3n) is 5.43. The molecule has 4 rings (SSSR count). The Morgan fingerprint density at radius 3 is 2.22 bits per heavy atom. The Hall–Kier alpha value is -2.92. The van der Waals surface area contributed by atoms with Crippen LogP contribution >= 0.6 is 23.4 Å². The average Bonchev–Trinajstić information content (AvgIpc) is 3.34. The summed E-state index contributed by atoms with van der Waals surface area (Å²) in [5.74, 6) is 2.06. The molecule has 11 heteroatoms. The molecule has 0 spiro atoms. The van der Waals surface area contributed by atoms with Gasteiger partial charge in [-0.1, -0.05) is 42.4 Å². The van der Waals surface area contributed by atoms with Crippen molar-refractivity contribution < 1.29 is 27.4 Å². The number of thioether (sulfide) groups is 1. The molecule has 37 heavy (non-hydrogen) atoms. The van der Waals surface area contributed by atoms with Gasteiger partial charge in [0.1, 0.15) is 11.2 Å². The molecule has 3 aromatic rings. The average molecular weight is 565 g/mol. The van der Waals surface area contributed by atoms with E-state index in [-0.39, 0.29) is 16.1 Å². The molecule has 0 aliphatic carbocycles. The molecule has 2 atom stereocenters. The second-order valence-electron chi connectivity index (χ2n) is 7.74. The molecule has 0 radical (unpaired) electrons. The standard InChI is InChI=1S/C16H15ClO4S.C10H14N2O2S/c1-2-22(19,20)15-9-3-12(4-10-15)16(11-18)21-14-7-5-13(17)6-8-14;1-11-10-12-6-4-7(13-2)8(14-3)5-9(6)15-10/h3-11,16H,2H2,1H3;4-5,10-12H,1-3H3. The second kappa shape index (κ2) is 13.0. The second-order valence-corrected chi connectivity index (χ2v) is 11.6. The maximum absolute atomic E-state index is 11.8. The van der Waals surface area contributed by atoms with Gasteiger partial charge in [0, 0.05) is 16.0 Å². The summed E-state index contributed by atoms with van der Waals surface area (Å²) in [7, 11) is 1.95. The van der Waals surface area contributed by atoms with Crippen molar-refractivity contribution in [1.82, 2.24) is 5.32 Å². The van der Waals surface area contributed by atoms with Crippen molar-refractivity contribution in [1.29, 1.82) is 0 Å². The number of sulfone groups is 1. The van der Waals surface area contributed by atoms with E-state index in [0.717, 1.165) is 17.2 Å². The predicted octanol–water partition coefficient (Wildman–Crippen LogP) is 5.18. The van der Waals surface area contributed by atoms with Crippen molar-refractivity contribution in [2.24, 2.45) is 0 Å². The molecule has 0 aromatic heterocycles. The van der Waals surface area contributed by atoms with Crippen LogP contribution < -0.4 is 24.8 Å². The van der Waals surface area contributed by atoms with Gasteiger partial charge in [0.25, 0.3) is 0 Å². The molecule has 1 aliphatic rings. The number of fused-ring (bicyclic) bond motifs is 1. The van der Waals surface area contributed by atoms with Crippen LogP contribution in [-0.2, 0) is 14.6 Å². The summed E-state index contributed by atoms with van der Waals surface area (Å²) in [5.41, 5.74) is 1.88. The number of nitrogens with one attached hydrogen (secondary N) is 2. The zero-order valence-electron chi connectivity index (χ0n) is 20.9. The fourth-order valence-electron chi connectivity index (χ4n) is 3.37. The molecule has 1 aliphatic heterocycles. The Morgan fingerprint density at radius 1 is 1.05 bits per heavy atom. The number of carbonyl (C=O) groups excluding carboxylic acids is 1. The Bertz CT molecular complexity index is 1270. The molecular weight excluding hydrogens is 536 g/mol. The van der Waals surface area contributed by atoms with Crippen LogP contribution in [-0.4, -0.2) is 47.2 Å². The molecule has 8 nitrogen and oxygen atoms in total. The van der Waals surface area contributed by atoms with Crippen LogP contribution in [0.25, 0.3) is 0 Å². The largest absolute Gasteiger partial charge is 0.493 e. The van der Waals surface area contributed by atoms with Gasteiger partial charge in [-0.25, -0.2) is 8.42 Å². The Morgan fingerprint density at radius 2 is 1.68 bits per heavy atom. The molecular formula is C26H29ClN2O6S2. The van der Waals surface area contributed by atoms with E-state index < -0.39 is 15.9 Å². The number of benzene rings is 3. The van der Waals surface area contributed by atoms with Gasteiger partial charge in [0.05, 0.1) is 30.6 Å². The third-order valence-corrected chi connectivity index (χ3v) is 8.61. The van der Waals surface area contributed by atoms with Crippen LogP contribution in [0.3, 0.4) is 0 Å². The maximum atomic E-state index is 11.8. The number of hydrogen-bond donors (Lipinski definition) is 2. The van der Waals surface area contributed by atoms with E-state index in [1.54, 1.807) is 69.3 Å². The van der Waals surface area contributed by atoms with E-state index in [2.05, 4.69) is 10.6 Å². The summed E-state index contributed by atoms with van der Waals surface area (Å²) in [6.45, 7) is 1.58. The number of anilines is 1. The van der Waals surface area contributed by atoms with E-state index in [0.29, 0.717) is 22.6 Å². The van der Waals surface area contributed by atoms with E-state index in [1.807, 2.05) is 19.2 Å². The summed E-state index contributed by atoms with van der Waals surface area (Å²) in [6, 6.07) is 16.7. The van der Waals surface area contributed by atoms with Crippen molar-refractivity contribution in [3.63, 3.8) is 0 Å². The number of aldehydes is 1. The number of ether oxygens (including phenoxy) is 3. The van der Waals surface area contributed by atoms with Crippen molar-refractivity contribution >= 4 is 45.2 Å². The van der Waals surface area contributed by atoms with Crippen LogP contribution in [0, 0.1) is 0 Å². The Kier molecular flexibility index (Phi) is 10.1. The predicted molar refractivity (Wildman–Crippen MR) is 147 cm³/mol. The quantitative estimate of drug-likeness (QED) is 0.340. The zero-order valence-corrected chi connectivity index (χ0v) is 23.2. The van der Waals surface area contributed by atoms with Gasteiger partial charge in [-0.15, -0.1) is 0 Å². The smallest absolute Gasteiger partial charge is 0.179 e. The first-order valence-electron chi connectivity index (χ1n) is 11.3. The normalized spacial score (nSPS) is 14.9. The molecule has 0 fully saturated rings. The van der Waals surface area contributed by atoms with Crippen molar-refractivity contribution in [2.45, 2.75) is 28.3 Å². The Balaban J connectivity index is 0.000000220. The van der Waals surface area contributed by atoms with Crippen LogP contribution in [0.2, 0.25) is 5.02 Å². The van der Waals surface area contributed by atoms with E-state index in [9.17, 15) is 13.2 Å². The number of rotatable bonds is 9. The lowest BCUT2D eigenvalue weighted by molar-refractivity contribution is -0.113. The minimum atomic E-state index is -3.25. The lowest BCUT2D eigenvalue weighted by atomic mass is 10.1. The number of hydrogen-bond acceptors (Lipinski definition) is 9. The van der Waals surface area contributed by atoms with Crippen molar-refractivity contribution in [3.8, 4) is 17.2 Å². The van der Waals surface area contributed by atoms with Crippen LogP contribution in [0.5, 0.6) is 17.2 Å². The first-order chi connectivity index (χ1) is 17.7. The molecule has 0 saturated heterocycles. The minimum Gasteiger partial charge on any atom is -0.493 e. The van der Waals surface area contributed by atoms with Gasteiger partial charge in [-0.05, 0) is 55.1 Å². The molecule has 1 heterocycles. The highest BCUT2D eigenvalue weighted by Crippen LogP contribution is 2.43. The van der Waals surface area contributed by atoms with Crippen molar-refractivity contribution in [3.05, 3.63) is 71.2 Å². The van der Waals surface area contributed by atoms with Crippen LogP contribution in [0.15, 0.2) is 70.5 Å². The van der Waals surface area contributed by atoms with Crippen molar-refractivity contribution in [2.75, 3.05) is 32.3 Å². The first-order valence-corrected chi connectivity index (χ1v) is 14.2. The van der Waals surface area contributed by atoms with Crippen LogP contribution in [0.1, 0.15) is 18.6 Å². The summed E-state index contributed by atoms with van der Waals surface area (Å²) >= 11 is 7.52. The monoisotopic (exact) mass is 564 g/mol. The highest BCUT2D eigenvalue weighted by atomic mass is 35.5. The summed E-state index contributed by atoms with van der Waals surface area (Å²) in [6.07, 6.45) is -0.141. The molecule has 2 N–H and O–H groups in total. The van der Waals surface area contributed by atoms with Gasteiger partial charge < -0.3 is 19.5 Å². The molecule has 0 bridgehead atoms. The summed E-state index contributed by atoms with van der Waals surface area (Å²) in [5, 5.41) is 7.06. The minimum absolute atomic E-state index is 0.0325. The lowest BCUT2D eigenvalue weighted by Crippen LogP contribution is -2.26. The molecule has 2 unspecified atom stereocenters. The highest BCUT2D eigenvalue weighted by molar-refractivity contribution is 8.00. The zero-order chi connectivity index (χ0) is 27.0. The van der Waals surface area contributed by atoms with Gasteiger partial charge in [0.2, 0.25) is 0 Å². The van der Waals surface area contributed by atoms with Gasteiger partial charge >= 0.3 is 0 Å². The van der Waals surface area contributed by atoms with E-state index in [1.165, 1.54) is 17.0 Å². The Labute approximate surface area is 226 Å². The topological polar surface area (TPSA) is 103 Å². The fraction of sp³-hybridized carbons (Fsp3) is 0.269. The van der Waals surface area contributed by atoms with Gasteiger partial charge in [-0.2, -0.15) is 0 Å². The number of methoxy groups -OCH3 is 2. The molecule has 0 saturated carbocycles. The number of carbonyl (C=O) groups is 1. The highest BCUT2D eigenvalue weighted by Gasteiger charge is 2.22. The SMILES string of the molecule is CCS(=O)(=O)c1ccc(C(C=O)Oc2ccc(Cl)cc2)cc1.CNC1Nc2cc(OC)c(OC)cc2S1. The maximum Gasteiger partial charge on any atom is 0.179 e. The first kappa shape index (κ1) is 28.6. The summed E-state index contributed by atoms with van der Waals surface area (Å²) in [4.78, 5) is 12.7. The van der Waals surface area contributed by atoms with E-state index in [4.69, 9.17) is 25.8 Å².